The van der Waals surface area contributed by atoms with Crippen LogP contribution >= 0.6 is 0 Å². The van der Waals surface area contributed by atoms with Gasteiger partial charge in [-0.2, -0.15) is 0 Å². The maximum absolute atomic E-state index is 7.76. The van der Waals surface area contributed by atoms with Gasteiger partial charge in [-0.3, -0.25) is 0 Å². The molecule has 2 aromatic carbocycles. The standard InChI is InChI=1S/C19H20N3O2/c1-24-16-11-6-5-10-15(16)18(23)19-21-13-7-12-17(21)20-22(19)14-8-3-2-4-9-14/h2-6,8-11,18,23H,7,12-13H2,1H3/q+1/i23D. The quantitative estimate of drug-likeness (QED) is 0.732. The molecule has 1 aromatic heterocycles. The minimum Gasteiger partial charge on any atom is -0.496 e. The summed E-state index contributed by atoms with van der Waals surface area (Å²) in [5.41, 5.74) is 1.77. The van der Waals surface area contributed by atoms with Crippen molar-refractivity contribution in [3.8, 4) is 11.4 Å². The number of benzene rings is 2. The predicted molar refractivity (Wildman–Crippen MR) is 89.1 cm³/mol. The van der Waals surface area contributed by atoms with E-state index in [1.807, 2.05) is 59.3 Å². The zero-order valence-electron chi connectivity index (χ0n) is 14.6. The number of aryl methyl sites for hydroxylation is 1. The van der Waals surface area contributed by atoms with E-state index in [-0.39, 0.29) is 0 Å². The highest BCUT2D eigenvalue weighted by molar-refractivity contribution is 5.39. The molecule has 0 radical (unpaired) electrons. The fourth-order valence-corrected chi connectivity index (χ4v) is 3.32. The molecule has 1 unspecified atom stereocenters. The highest BCUT2D eigenvalue weighted by Gasteiger charge is 2.36. The molecule has 3 aromatic rings. The Morgan fingerprint density at radius 3 is 2.79 bits per heavy atom. The number of aliphatic hydroxyl groups is 1. The average molecular weight is 323 g/mol. The Morgan fingerprint density at radius 2 is 2.00 bits per heavy atom. The van der Waals surface area contributed by atoms with Crippen LogP contribution in [0.15, 0.2) is 54.6 Å². The van der Waals surface area contributed by atoms with Crippen LogP contribution in [0.3, 0.4) is 0 Å². The van der Waals surface area contributed by atoms with Crippen molar-refractivity contribution in [2.45, 2.75) is 25.5 Å². The normalized spacial score (nSPS) is 15.0. The predicted octanol–water partition coefficient (Wildman–Crippen LogP) is 2.20. The van der Waals surface area contributed by atoms with Crippen LogP contribution in [0.5, 0.6) is 5.75 Å². The van der Waals surface area contributed by atoms with Gasteiger partial charge < -0.3 is 9.85 Å². The molecule has 4 rings (SSSR count). The molecule has 5 heteroatoms. The molecule has 5 nitrogen and oxygen atoms in total. The second-order valence-electron chi connectivity index (χ2n) is 5.90. The minimum absolute atomic E-state index is 0.587. The Balaban J connectivity index is 1.91. The van der Waals surface area contributed by atoms with E-state index in [4.69, 9.17) is 16.4 Å². The maximum atomic E-state index is 7.76. The molecule has 0 aliphatic carbocycles. The molecule has 1 aliphatic rings. The number of methoxy groups -OCH3 is 1. The molecule has 122 valence electrons. The molecule has 0 amide bonds. The molecule has 0 saturated carbocycles. The number of aliphatic hydroxyl groups excluding tert-OH is 1. The van der Waals surface area contributed by atoms with Crippen molar-refractivity contribution in [3.63, 3.8) is 0 Å². The van der Waals surface area contributed by atoms with Crippen molar-refractivity contribution in [3.05, 3.63) is 71.8 Å². The van der Waals surface area contributed by atoms with Gasteiger partial charge in [0.1, 0.15) is 11.4 Å². The lowest BCUT2D eigenvalue weighted by atomic mass is 10.1. The summed E-state index contributed by atoms with van der Waals surface area (Å²) in [5.74, 6) is 2.57. The van der Waals surface area contributed by atoms with Gasteiger partial charge >= 0.3 is 0 Å². The second-order valence-corrected chi connectivity index (χ2v) is 5.90. The van der Waals surface area contributed by atoms with Crippen molar-refractivity contribution >= 4 is 0 Å². The van der Waals surface area contributed by atoms with Crippen LogP contribution in [0.25, 0.3) is 5.69 Å². The third kappa shape index (κ3) is 2.37. The number of ether oxygens (including phenoxy) is 1. The summed E-state index contributed by atoms with van der Waals surface area (Å²) in [5, 5.41) is 9.99. The molecular weight excluding hydrogens is 302 g/mol. The van der Waals surface area contributed by atoms with Crippen LogP contribution in [0.4, 0.5) is 0 Å². The monoisotopic (exact) mass is 323 g/mol. The van der Waals surface area contributed by atoms with Crippen LogP contribution in [0, 0.1) is 0 Å². The number of fused-ring (bicyclic) bond motifs is 1. The number of hydrogen-bond donors (Lipinski definition) is 1. The number of hydrogen-bond acceptors (Lipinski definition) is 3. The van der Waals surface area contributed by atoms with Gasteiger partial charge in [-0.05, 0) is 24.6 Å². The van der Waals surface area contributed by atoms with Crippen LogP contribution in [0.1, 0.15) is 29.7 Å². The average Bonchev–Trinajstić information content (AvgIpc) is 3.26. The zero-order chi connectivity index (χ0) is 17.2. The molecule has 0 saturated heterocycles. The molecule has 0 bridgehead atoms. The topological polar surface area (TPSA) is 51.2 Å². The third-order valence-electron chi connectivity index (χ3n) is 4.46. The molecule has 24 heavy (non-hydrogen) atoms. The summed E-state index contributed by atoms with van der Waals surface area (Å²) < 4.78 is 17.3. The van der Waals surface area contributed by atoms with E-state index in [9.17, 15) is 0 Å². The third-order valence-corrected chi connectivity index (χ3v) is 4.46. The highest BCUT2D eigenvalue weighted by Crippen LogP contribution is 2.30. The van der Waals surface area contributed by atoms with Crippen LogP contribution < -0.4 is 9.30 Å². The first kappa shape index (κ1) is 13.7. The van der Waals surface area contributed by atoms with Crippen molar-refractivity contribution < 1.29 is 14.4 Å². The van der Waals surface area contributed by atoms with Crippen molar-refractivity contribution in [2.75, 3.05) is 7.11 Å². The minimum atomic E-state index is -0.587. The van der Waals surface area contributed by atoms with Crippen LogP contribution in [-0.4, -0.2) is 23.4 Å². The first-order valence-electron chi connectivity index (χ1n) is 8.56. The van der Waals surface area contributed by atoms with Gasteiger partial charge in [-0.15, -0.1) is 0 Å². The molecule has 0 fully saturated rings. The van der Waals surface area contributed by atoms with Crippen molar-refractivity contribution in [1.29, 1.82) is 1.43 Å². The highest BCUT2D eigenvalue weighted by atomic mass is 16.5. The summed E-state index contributed by atoms with van der Waals surface area (Å²) >= 11 is 0. The van der Waals surface area contributed by atoms with E-state index in [0.29, 0.717) is 5.75 Å². The number of nitrogens with zero attached hydrogens (tertiary/aromatic N) is 3. The first-order chi connectivity index (χ1) is 12.3. The van der Waals surface area contributed by atoms with Gasteiger partial charge in [0.25, 0.3) is 11.6 Å². The van der Waals surface area contributed by atoms with Crippen LogP contribution in [-0.2, 0) is 13.0 Å². The summed E-state index contributed by atoms with van der Waals surface area (Å²) in [4.78, 5) is 0. The second kappa shape index (κ2) is 6.09. The van der Waals surface area contributed by atoms with Crippen molar-refractivity contribution in [1.82, 2.24) is 9.78 Å². The zero-order valence-corrected chi connectivity index (χ0v) is 13.6. The van der Waals surface area contributed by atoms with E-state index < -0.39 is 6.10 Å². The Hall–Kier alpha value is -2.66. The fraction of sp³-hybridized carbons (Fsp3) is 0.263. The lowest BCUT2D eigenvalue weighted by molar-refractivity contribution is -0.701. The summed E-state index contributed by atoms with van der Waals surface area (Å²) in [6.07, 6.45) is 1.40. The van der Waals surface area contributed by atoms with E-state index in [1.54, 1.807) is 7.11 Å². The lowest BCUT2D eigenvalue weighted by Gasteiger charge is -2.13. The first-order valence-corrected chi connectivity index (χ1v) is 8.15. The molecule has 0 spiro atoms. The Labute approximate surface area is 142 Å². The van der Waals surface area contributed by atoms with Crippen molar-refractivity contribution in [2.24, 2.45) is 0 Å². The Kier molecular flexibility index (Phi) is 3.49. The van der Waals surface area contributed by atoms with E-state index in [1.165, 1.54) is 0 Å². The van der Waals surface area contributed by atoms with Gasteiger partial charge in [-0.1, -0.05) is 41.1 Å². The van der Waals surface area contributed by atoms with Gasteiger partial charge in [0.05, 0.1) is 13.7 Å². The molecule has 1 aliphatic heterocycles. The molecule has 2 heterocycles. The number of para-hydroxylation sites is 2. The Bertz CT molecular complexity index is 880. The lowest BCUT2D eigenvalue weighted by Crippen LogP contribution is -2.38. The van der Waals surface area contributed by atoms with Crippen LogP contribution in [0.2, 0.25) is 0 Å². The summed E-state index contributed by atoms with van der Waals surface area (Å²) in [6, 6.07) is 17.6. The van der Waals surface area contributed by atoms with E-state index in [2.05, 4.69) is 4.57 Å². The van der Waals surface area contributed by atoms with Gasteiger partial charge in [0.2, 0.25) is 1.43 Å². The molecular formula is C19H20N3O2+. The smallest absolute Gasteiger partial charge is 0.278 e. The number of aromatic nitrogens is 3. The fourth-order valence-electron chi connectivity index (χ4n) is 3.32. The van der Waals surface area contributed by atoms with Gasteiger partial charge in [0.15, 0.2) is 6.10 Å². The SMILES string of the molecule is [2H]OC(c1ccccc1OC)c1n(-c2ccccc2)nc2[n+]1CCC2. The van der Waals surface area contributed by atoms with E-state index in [0.717, 1.165) is 42.3 Å². The van der Waals surface area contributed by atoms with E-state index >= 15 is 0 Å². The Morgan fingerprint density at radius 1 is 1.21 bits per heavy atom. The van der Waals surface area contributed by atoms with Gasteiger partial charge in [0, 0.05) is 17.1 Å². The molecule has 1 atom stereocenters. The molecule has 1 N–H and O–H groups in total. The largest absolute Gasteiger partial charge is 0.496 e. The summed E-state index contributed by atoms with van der Waals surface area (Å²) in [6.45, 7) is 0.881. The maximum Gasteiger partial charge on any atom is 0.278 e. The summed E-state index contributed by atoms with van der Waals surface area (Å²) in [7, 11) is 1.63. The van der Waals surface area contributed by atoms with Gasteiger partial charge in [-0.25, -0.2) is 4.57 Å². The number of rotatable bonds is 5.